The Labute approximate surface area is 188 Å². The second kappa shape index (κ2) is 8.56. The predicted molar refractivity (Wildman–Crippen MR) is 121 cm³/mol. The molecule has 3 saturated carbocycles. The average molecular weight is 431 g/mol. The molecule has 0 aromatic heterocycles. The van der Waals surface area contributed by atoms with Gasteiger partial charge in [-0.1, -0.05) is 32.9 Å². The van der Waals surface area contributed by atoms with E-state index in [0.29, 0.717) is 35.5 Å². The van der Waals surface area contributed by atoms with Gasteiger partial charge in [-0.15, -0.1) is 0 Å². The third-order valence-corrected chi connectivity index (χ3v) is 10.2. The summed E-state index contributed by atoms with van der Waals surface area (Å²) in [6.07, 6.45) is 15.2. The lowest BCUT2D eigenvalue weighted by atomic mass is 9.46. The zero-order valence-electron chi connectivity index (χ0n) is 20.2. The van der Waals surface area contributed by atoms with E-state index < -0.39 is 0 Å². The second-order valence-electron chi connectivity index (χ2n) is 11.6. The van der Waals surface area contributed by atoms with E-state index in [1.54, 1.807) is 0 Å². The van der Waals surface area contributed by atoms with Gasteiger partial charge in [0.2, 0.25) is 0 Å². The third-order valence-electron chi connectivity index (χ3n) is 10.2. The molecule has 0 N–H and O–H groups in total. The maximum Gasteiger partial charge on any atom is 0.305 e. The van der Waals surface area contributed by atoms with Gasteiger partial charge in [0.05, 0.1) is 7.11 Å². The fourth-order valence-electron chi connectivity index (χ4n) is 8.52. The number of fused-ring (bicyclic) bond motifs is 5. The van der Waals surface area contributed by atoms with Crippen LogP contribution in [0.15, 0.2) is 12.2 Å². The summed E-state index contributed by atoms with van der Waals surface area (Å²) in [6, 6.07) is 0. The Balaban J connectivity index is 1.50. The second-order valence-corrected chi connectivity index (χ2v) is 11.6. The van der Waals surface area contributed by atoms with Gasteiger partial charge >= 0.3 is 11.9 Å². The summed E-state index contributed by atoms with van der Waals surface area (Å²) in [7, 11) is 1.49. The van der Waals surface area contributed by atoms with Gasteiger partial charge in [0.25, 0.3) is 0 Å². The molecule has 0 saturated heterocycles. The Morgan fingerprint density at radius 2 is 1.90 bits per heavy atom. The quantitative estimate of drug-likeness (QED) is 0.400. The van der Waals surface area contributed by atoms with Crippen molar-refractivity contribution in [2.75, 3.05) is 7.11 Å². The molecule has 174 valence electrons. The third kappa shape index (κ3) is 3.97. The molecule has 0 spiro atoms. The summed E-state index contributed by atoms with van der Waals surface area (Å²) in [4.78, 5) is 23.1. The molecule has 0 bridgehead atoms. The monoisotopic (exact) mass is 430 g/mol. The number of methoxy groups -OCH3 is 1. The lowest BCUT2D eigenvalue weighted by molar-refractivity contribution is -0.154. The minimum absolute atomic E-state index is 0.0820. The number of carbonyl (C=O) groups is 2. The van der Waals surface area contributed by atoms with E-state index in [4.69, 9.17) is 9.47 Å². The number of ether oxygens (including phenoxy) is 2. The van der Waals surface area contributed by atoms with Crippen LogP contribution in [0.3, 0.4) is 0 Å². The van der Waals surface area contributed by atoms with Crippen molar-refractivity contribution in [1.29, 1.82) is 0 Å². The summed E-state index contributed by atoms with van der Waals surface area (Å²) < 4.78 is 10.5. The number of esters is 2. The van der Waals surface area contributed by atoms with Crippen LogP contribution in [0.25, 0.3) is 0 Å². The van der Waals surface area contributed by atoms with Crippen LogP contribution in [0.4, 0.5) is 0 Å². The van der Waals surface area contributed by atoms with Crippen LogP contribution in [-0.4, -0.2) is 25.2 Å². The SMILES string of the molecule is COC(=O)CC[C@H](C)[C@@H]1CC[C@@H]2[C@@H]3CC[C@@H]4C[C@H](OC(C)=O)CC[C@]4(C)[C@@H]3C=C[C@]21C. The molecule has 0 unspecified atom stereocenters. The molecule has 3 fully saturated rings. The molecule has 9 atom stereocenters. The van der Waals surface area contributed by atoms with Gasteiger partial charge in [-0.25, -0.2) is 0 Å². The van der Waals surface area contributed by atoms with Crippen LogP contribution in [0.5, 0.6) is 0 Å². The lowest BCUT2D eigenvalue weighted by Crippen LogP contribution is -2.52. The van der Waals surface area contributed by atoms with Crippen LogP contribution >= 0.6 is 0 Å². The molecule has 4 aliphatic rings. The minimum Gasteiger partial charge on any atom is -0.469 e. The Bertz CT molecular complexity index is 729. The first-order chi connectivity index (χ1) is 14.7. The minimum atomic E-state index is -0.131. The van der Waals surface area contributed by atoms with Crippen molar-refractivity contribution in [2.45, 2.75) is 91.6 Å². The fraction of sp³-hybridized carbons (Fsp3) is 0.852. The number of rotatable bonds is 5. The molecule has 4 aliphatic carbocycles. The van der Waals surface area contributed by atoms with Crippen molar-refractivity contribution >= 4 is 11.9 Å². The van der Waals surface area contributed by atoms with Crippen molar-refractivity contribution < 1.29 is 19.1 Å². The van der Waals surface area contributed by atoms with Crippen LogP contribution in [0, 0.1) is 46.3 Å². The highest BCUT2D eigenvalue weighted by Crippen LogP contribution is 2.66. The predicted octanol–water partition coefficient (Wildman–Crippen LogP) is 5.94. The summed E-state index contributed by atoms with van der Waals surface area (Å²) in [5, 5.41) is 0. The van der Waals surface area contributed by atoms with Gasteiger partial charge in [-0.2, -0.15) is 0 Å². The molecule has 4 heteroatoms. The van der Waals surface area contributed by atoms with Crippen LogP contribution < -0.4 is 0 Å². The van der Waals surface area contributed by atoms with Crippen LogP contribution in [0.2, 0.25) is 0 Å². The highest BCUT2D eigenvalue weighted by molar-refractivity contribution is 5.69. The van der Waals surface area contributed by atoms with E-state index >= 15 is 0 Å². The van der Waals surface area contributed by atoms with Gasteiger partial charge in [0.15, 0.2) is 0 Å². The highest BCUT2D eigenvalue weighted by atomic mass is 16.5. The molecule has 0 heterocycles. The Kier molecular flexibility index (Phi) is 6.31. The molecule has 31 heavy (non-hydrogen) atoms. The average Bonchev–Trinajstić information content (AvgIpc) is 3.09. The first-order valence-corrected chi connectivity index (χ1v) is 12.6. The zero-order valence-corrected chi connectivity index (χ0v) is 20.2. The van der Waals surface area contributed by atoms with Crippen LogP contribution in [0.1, 0.15) is 85.5 Å². The molecule has 4 nitrogen and oxygen atoms in total. The van der Waals surface area contributed by atoms with Gasteiger partial charge in [0.1, 0.15) is 6.10 Å². The van der Waals surface area contributed by atoms with Crippen molar-refractivity contribution in [2.24, 2.45) is 46.3 Å². The van der Waals surface area contributed by atoms with Gasteiger partial charge in [-0.3, -0.25) is 9.59 Å². The van der Waals surface area contributed by atoms with E-state index in [0.717, 1.165) is 31.1 Å². The van der Waals surface area contributed by atoms with E-state index in [2.05, 4.69) is 32.9 Å². The smallest absolute Gasteiger partial charge is 0.305 e. The van der Waals surface area contributed by atoms with E-state index in [9.17, 15) is 9.59 Å². The van der Waals surface area contributed by atoms with Crippen molar-refractivity contribution in [1.82, 2.24) is 0 Å². The molecule has 0 amide bonds. The normalized spacial score (nSPS) is 44.5. The number of allylic oxidation sites excluding steroid dienone is 2. The van der Waals surface area contributed by atoms with Crippen molar-refractivity contribution in [3.8, 4) is 0 Å². The summed E-state index contributed by atoms with van der Waals surface area (Å²) in [6.45, 7) is 8.91. The highest BCUT2D eigenvalue weighted by Gasteiger charge is 2.59. The maximum atomic E-state index is 11.7. The van der Waals surface area contributed by atoms with Crippen LogP contribution in [-0.2, 0) is 19.1 Å². The molecular weight excluding hydrogens is 388 g/mol. The molecule has 0 aliphatic heterocycles. The van der Waals surface area contributed by atoms with E-state index in [1.807, 2.05) is 0 Å². The Hall–Kier alpha value is -1.32. The number of hydrogen-bond donors (Lipinski definition) is 0. The Morgan fingerprint density at radius 1 is 1.13 bits per heavy atom. The molecule has 0 radical (unpaired) electrons. The molecular formula is C27H42O4. The van der Waals surface area contributed by atoms with Gasteiger partial charge in [-0.05, 0) is 97.7 Å². The van der Waals surface area contributed by atoms with E-state index in [-0.39, 0.29) is 23.5 Å². The topological polar surface area (TPSA) is 52.6 Å². The standard InChI is InChI=1S/C27H42O4/c1-17(6-11-25(29)30-5)22-9-10-23-21-8-7-19-16-20(31-18(2)28)12-14-26(19,3)24(21)13-15-27(22,23)4/h13,15,17,19-24H,6-12,14,16H2,1-5H3/t17-,19+,20+,21-,22-,23+,24+,26-,27-/m0/s1. The van der Waals surface area contributed by atoms with E-state index in [1.165, 1.54) is 46.1 Å². The molecule has 4 rings (SSSR count). The summed E-state index contributed by atoms with van der Waals surface area (Å²) in [5.41, 5.74) is 0.598. The van der Waals surface area contributed by atoms with Gasteiger partial charge in [0, 0.05) is 13.3 Å². The zero-order chi connectivity index (χ0) is 22.4. The maximum absolute atomic E-state index is 11.7. The molecule has 0 aromatic rings. The van der Waals surface area contributed by atoms with Crippen molar-refractivity contribution in [3.05, 3.63) is 12.2 Å². The summed E-state index contributed by atoms with van der Waals surface area (Å²) in [5.74, 6) is 3.85. The van der Waals surface area contributed by atoms with Gasteiger partial charge < -0.3 is 9.47 Å². The molecule has 0 aromatic carbocycles. The largest absolute Gasteiger partial charge is 0.469 e. The first kappa shape index (κ1) is 22.9. The first-order valence-electron chi connectivity index (χ1n) is 12.6. The summed E-state index contributed by atoms with van der Waals surface area (Å²) >= 11 is 0. The van der Waals surface area contributed by atoms with Crippen molar-refractivity contribution in [3.63, 3.8) is 0 Å². The lowest BCUT2D eigenvalue weighted by Gasteiger charge is -2.59. The Morgan fingerprint density at radius 3 is 2.61 bits per heavy atom. The fourth-order valence-corrected chi connectivity index (χ4v) is 8.52. The number of carbonyl (C=O) groups excluding carboxylic acids is 2. The number of hydrogen-bond acceptors (Lipinski definition) is 4.